The molecule has 0 atom stereocenters. The fourth-order valence-electron chi connectivity index (χ4n) is 3.28. The number of benzene rings is 2. The first kappa shape index (κ1) is 24.4. The van der Waals surface area contributed by atoms with Crippen molar-refractivity contribution in [3.63, 3.8) is 0 Å². The fraction of sp³-hybridized carbons (Fsp3) is 0.333. The summed E-state index contributed by atoms with van der Waals surface area (Å²) in [6.07, 6.45) is 1.54. The maximum absolute atomic E-state index is 11.8. The van der Waals surface area contributed by atoms with Crippen molar-refractivity contribution < 1.29 is 9.72 Å². The molecule has 0 aromatic heterocycles. The van der Waals surface area contributed by atoms with Crippen LogP contribution in [0, 0.1) is 10.1 Å². The van der Waals surface area contributed by atoms with Gasteiger partial charge >= 0.3 is 0 Å². The van der Waals surface area contributed by atoms with Crippen LogP contribution in [0.4, 0.5) is 17.1 Å². The highest BCUT2D eigenvalue weighted by molar-refractivity contribution is 14.0. The van der Waals surface area contributed by atoms with Crippen LogP contribution in [0.1, 0.15) is 18.4 Å². The van der Waals surface area contributed by atoms with Gasteiger partial charge in [0.05, 0.1) is 4.92 Å². The van der Waals surface area contributed by atoms with E-state index in [0.29, 0.717) is 37.7 Å². The van der Waals surface area contributed by atoms with Crippen molar-refractivity contribution in [3.8, 4) is 0 Å². The molecule has 1 saturated heterocycles. The highest BCUT2D eigenvalue weighted by Crippen LogP contribution is 2.23. The van der Waals surface area contributed by atoms with Gasteiger partial charge in [-0.05, 0) is 30.2 Å². The molecule has 3 N–H and O–H groups in total. The van der Waals surface area contributed by atoms with Gasteiger partial charge in [0.1, 0.15) is 5.69 Å². The van der Waals surface area contributed by atoms with Crippen molar-refractivity contribution >= 4 is 52.9 Å². The van der Waals surface area contributed by atoms with Crippen molar-refractivity contribution in [1.29, 1.82) is 0 Å². The molecule has 0 saturated carbocycles. The van der Waals surface area contributed by atoms with Gasteiger partial charge in [0.2, 0.25) is 5.91 Å². The van der Waals surface area contributed by atoms with Gasteiger partial charge in [-0.25, -0.2) is 0 Å². The molecular formula is C21H27IN6O3. The predicted molar refractivity (Wildman–Crippen MR) is 133 cm³/mol. The van der Waals surface area contributed by atoms with Crippen LogP contribution in [0.25, 0.3) is 0 Å². The molecular weight excluding hydrogens is 511 g/mol. The summed E-state index contributed by atoms with van der Waals surface area (Å²) in [4.78, 5) is 28.5. The molecule has 2 aromatic rings. The second-order valence-electron chi connectivity index (χ2n) is 6.87. The number of nitro benzene ring substituents is 1. The van der Waals surface area contributed by atoms with Crippen LogP contribution in [-0.4, -0.2) is 43.5 Å². The number of nitrogens with zero attached hydrogens (tertiary/aromatic N) is 3. The number of carbonyl (C=O) groups excluding carboxylic acids is 1. The first-order valence-corrected chi connectivity index (χ1v) is 9.89. The number of para-hydroxylation sites is 2. The van der Waals surface area contributed by atoms with Crippen LogP contribution < -0.4 is 20.9 Å². The lowest BCUT2D eigenvalue weighted by molar-refractivity contribution is -0.384. The third-order valence-corrected chi connectivity index (χ3v) is 4.84. The van der Waals surface area contributed by atoms with Crippen LogP contribution in [0.3, 0.4) is 0 Å². The van der Waals surface area contributed by atoms with Gasteiger partial charge < -0.3 is 20.9 Å². The van der Waals surface area contributed by atoms with Crippen LogP contribution in [-0.2, 0) is 11.3 Å². The minimum Gasteiger partial charge on any atom is -0.378 e. The number of amides is 1. The molecule has 2 aromatic carbocycles. The number of guanidine groups is 1. The Morgan fingerprint density at radius 1 is 1.13 bits per heavy atom. The number of hydrogen-bond donors (Lipinski definition) is 3. The molecule has 0 bridgehead atoms. The van der Waals surface area contributed by atoms with Gasteiger partial charge in [-0.15, -0.1) is 24.0 Å². The Morgan fingerprint density at radius 2 is 1.87 bits per heavy atom. The summed E-state index contributed by atoms with van der Waals surface area (Å²) in [7, 11) is 1.69. The average Bonchev–Trinajstić information content (AvgIpc) is 3.19. The third-order valence-electron chi connectivity index (χ3n) is 4.84. The van der Waals surface area contributed by atoms with Gasteiger partial charge in [-0.1, -0.05) is 24.3 Å². The Balaban J connectivity index is 0.00000341. The Kier molecular flexibility index (Phi) is 9.50. The maximum atomic E-state index is 11.8. The molecule has 0 aliphatic carbocycles. The molecule has 9 nitrogen and oxygen atoms in total. The second-order valence-corrected chi connectivity index (χ2v) is 6.87. The normalized spacial score (nSPS) is 13.5. The van der Waals surface area contributed by atoms with E-state index in [1.165, 1.54) is 6.07 Å². The standard InChI is InChI=1S/C21H26N6O3.HI/c1-22-21(24-13-12-23-18-5-2-3-6-19(18)27(29)30)25-15-16-8-10-17(11-9-16)26-14-4-7-20(26)28;/h2-3,5-6,8-11,23H,4,7,12-15H2,1H3,(H2,22,24,25);1H. The lowest BCUT2D eigenvalue weighted by Crippen LogP contribution is -2.39. The Hall–Kier alpha value is -2.89. The smallest absolute Gasteiger partial charge is 0.292 e. The van der Waals surface area contributed by atoms with Crippen molar-refractivity contribution in [2.24, 2.45) is 4.99 Å². The van der Waals surface area contributed by atoms with E-state index in [1.807, 2.05) is 29.2 Å². The van der Waals surface area contributed by atoms with E-state index in [9.17, 15) is 14.9 Å². The van der Waals surface area contributed by atoms with Gasteiger partial charge in [0.25, 0.3) is 5.69 Å². The minimum absolute atomic E-state index is 0. The SMILES string of the molecule is CN=C(NCCNc1ccccc1[N+](=O)[O-])NCc1ccc(N2CCCC2=O)cc1.I. The first-order chi connectivity index (χ1) is 14.6. The summed E-state index contributed by atoms with van der Waals surface area (Å²) in [5.74, 6) is 0.818. The summed E-state index contributed by atoms with van der Waals surface area (Å²) in [5.41, 5.74) is 2.55. The quantitative estimate of drug-likeness (QED) is 0.119. The molecule has 0 unspecified atom stereocenters. The molecule has 3 rings (SSSR count). The number of nitro groups is 1. The number of carbonyl (C=O) groups is 1. The lowest BCUT2D eigenvalue weighted by atomic mass is 10.2. The van der Waals surface area contributed by atoms with E-state index in [4.69, 9.17) is 0 Å². The summed E-state index contributed by atoms with van der Waals surface area (Å²) in [6, 6.07) is 14.5. The van der Waals surface area contributed by atoms with E-state index < -0.39 is 4.92 Å². The number of aliphatic imine (C=N–C) groups is 1. The largest absolute Gasteiger partial charge is 0.378 e. The van der Waals surface area contributed by atoms with Crippen LogP contribution >= 0.6 is 24.0 Å². The zero-order valence-corrected chi connectivity index (χ0v) is 19.7. The fourth-order valence-corrected chi connectivity index (χ4v) is 3.28. The predicted octanol–water partition coefficient (Wildman–Crippen LogP) is 3.12. The van der Waals surface area contributed by atoms with E-state index in [-0.39, 0.29) is 35.6 Å². The second kappa shape index (κ2) is 12.1. The zero-order chi connectivity index (χ0) is 21.3. The highest BCUT2D eigenvalue weighted by Gasteiger charge is 2.21. The summed E-state index contributed by atoms with van der Waals surface area (Å²) >= 11 is 0. The molecule has 1 aliphatic heterocycles. The minimum atomic E-state index is -0.402. The molecule has 1 amide bonds. The highest BCUT2D eigenvalue weighted by atomic mass is 127. The van der Waals surface area contributed by atoms with Crippen molar-refractivity contribution in [1.82, 2.24) is 10.6 Å². The van der Waals surface area contributed by atoms with Gasteiger partial charge in [0, 0.05) is 51.4 Å². The van der Waals surface area contributed by atoms with E-state index >= 15 is 0 Å². The zero-order valence-electron chi connectivity index (χ0n) is 17.3. The number of halogens is 1. The number of rotatable bonds is 8. The maximum Gasteiger partial charge on any atom is 0.292 e. The Bertz CT molecular complexity index is 920. The molecule has 10 heteroatoms. The van der Waals surface area contributed by atoms with Gasteiger partial charge in [-0.3, -0.25) is 19.9 Å². The number of hydrogen-bond acceptors (Lipinski definition) is 5. The first-order valence-electron chi connectivity index (χ1n) is 9.89. The molecule has 1 aliphatic rings. The monoisotopic (exact) mass is 538 g/mol. The Morgan fingerprint density at radius 3 is 2.52 bits per heavy atom. The summed E-state index contributed by atoms with van der Waals surface area (Å²) in [5, 5.41) is 20.5. The number of nitrogens with one attached hydrogen (secondary N) is 3. The van der Waals surface area contributed by atoms with Crippen molar-refractivity contribution in [3.05, 3.63) is 64.2 Å². The molecule has 0 spiro atoms. The topological polar surface area (TPSA) is 112 Å². The summed E-state index contributed by atoms with van der Waals surface area (Å²) in [6.45, 7) is 2.42. The molecule has 1 heterocycles. The van der Waals surface area contributed by atoms with Crippen LogP contribution in [0.2, 0.25) is 0 Å². The van der Waals surface area contributed by atoms with Crippen molar-refractivity contribution in [2.45, 2.75) is 19.4 Å². The van der Waals surface area contributed by atoms with E-state index in [1.54, 1.807) is 25.2 Å². The third kappa shape index (κ3) is 6.81. The average molecular weight is 538 g/mol. The van der Waals surface area contributed by atoms with E-state index in [2.05, 4.69) is 20.9 Å². The molecule has 166 valence electrons. The molecule has 31 heavy (non-hydrogen) atoms. The van der Waals surface area contributed by atoms with Gasteiger partial charge in [-0.2, -0.15) is 0 Å². The van der Waals surface area contributed by atoms with Crippen LogP contribution in [0.15, 0.2) is 53.5 Å². The van der Waals surface area contributed by atoms with E-state index in [0.717, 1.165) is 24.2 Å². The van der Waals surface area contributed by atoms with Gasteiger partial charge in [0.15, 0.2) is 5.96 Å². The molecule has 0 radical (unpaired) electrons. The number of anilines is 2. The van der Waals surface area contributed by atoms with Crippen LogP contribution in [0.5, 0.6) is 0 Å². The summed E-state index contributed by atoms with van der Waals surface area (Å²) < 4.78 is 0. The van der Waals surface area contributed by atoms with Crippen molar-refractivity contribution in [2.75, 3.05) is 36.9 Å². The lowest BCUT2D eigenvalue weighted by Gasteiger charge is -2.16. The Labute approximate surface area is 198 Å². The molecule has 1 fully saturated rings.